The number of ether oxygens (including phenoxy) is 2. The molecule has 0 aromatic heterocycles. The minimum absolute atomic E-state index is 0.0421. The van der Waals surface area contributed by atoms with E-state index in [-0.39, 0.29) is 5.91 Å². The molecule has 5 nitrogen and oxygen atoms in total. The van der Waals surface area contributed by atoms with E-state index in [2.05, 4.69) is 0 Å². The third-order valence-electron chi connectivity index (χ3n) is 2.90. The number of methoxy groups -OCH3 is 1. The Bertz CT molecular complexity index is 402. The van der Waals surface area contributed by atoms with E-state index in [4.69, 9.17) is 15.2 Å². The van der Waals surface area contributed by atoms with Crippen LogP contribution in [0.4, 0.5) is 0 Å². The van der Waals surface area contributed by atoms with Crippen molar-refractivity contribution in [3.8, 4) is 5.75 Å². The van der Waals surface area contributed by atoms with Gasteiger partial charge in [0.2, 0.25) is 0 Å². The molecule has 0 saturated carbocycles. The van der Waals surface area contributed by atoms with E-state index in [9.17, 15) is 4.79 Å². The van der Waals surface area contributed by atoms with Crippen molar-refractivity contribution in [2.45, 2.75) is 13.3 Å². The molecule has 1 rings (SSSR count). The number of nitrogens with zero attached hydrogens (tertiary/aromatic N) is 1. The number of amides is 1. The molecule has 1 aromatic carbocycles. The van der Waals surface area contributed by atoms with Gasteiger partial charge in [0.05, 0.1) is 18.8 Å². The van der Waals surface area contributed by atoms with E-state index in [1.54, 1.807) is 18.1 Å². The summed E-state index contributed by atoms with van der Waals surface area (Å²) in [5.41, 5.74) is 6.11. The normalized spacial score (nSPS) is 10.3. The van der Waals surface area contributed by atoms with Gasteiger partial charge >= 0.3 is 0 Å². The topological polar surface area (TPSA) is 64.8 Å². The monoisotopic (exact) mass is 280 g/mol. The Morgan fingerprint density at radius 1 is 1.30 bits per heavy atom. The van der Waals surface area contributed by atoms with E-state index in [0.717, 1.165) is 6.42 Å². The number of carbonyl (C=O) groups is 1. The second-order valence-corrected chi connectivity index (χ2v) is 4.36. The standard InChI is InChI=1S/C15H24N2O3/c1-3-20-14-8-5-4-7-13(14)15(18)17(10-6-9-16)11-12-19-2/h4-5,7-8H,3,6,9-12,16H2,1-2H3. The van der Waals surface area contributed by atoms with Crippen LogP contribution in [0.2, 0.25) is 0 Å². The summed E-state index contributed by atoms with van der Waals surface area (Å²) < 4.78 is 10.6. The predicted octanol–water partition coefficient (Wildman–Crippen LogP) is 1.52. The van der Waals surface area contributed by atoms with Crippen LogP contribution >= 0.6 is 0 Å². The van der Waals surface area contributed by atoms with E-state index in [1.165, 1.54) is 0 Å². The SMILES string of the molecule is CCOc1ccccc1C(=O)N(CCCN)CCOC. The van der Waals surface area contributed by atoms with Crippen molar-refractivity contribution in [1.29, 1.82) is 0 Å². The predicted molar refractivity (Wildman–Crippen MR) is 79.1 cm³/mol. The van der Waals surface area contributed by atoms with Crippen molar-refractivity contribution >= 4 is 5.91 Å². The fraction of sp³-hybridized carbons (Fsp3) is 0.533. The van der Waals surface area contributed by atoms with Gasteiger partial charge in [0.25, 0.3) is 5.91 Å². The summed E-state index contributed by atoms with van der Waals surface area (Å²) in [5, 5.41) is 0. The number of carbonyl (C=O) groups excluding carboxylic acids is 1. The number of hydrogen-bond acceptors (Lipinski definition) is 4. The van der Waals surface area contributed by atoms with Gasteiger partial charge in [-0.05, 0) is 32.0 Å². The minimum atomic E-state index is -0.0421. The molecule has 0 bridgehead atoms. The van der Waals surface area contributed by atoms with E-state index < -0.39 is 0 Å². The highest BCUT2D eigenvalue weighted by Gasteiger charge is 2.18. The van der Waals surface area contributed by atoms with E-state index >= 15 is 0 Å². The Kier molecular flexibility index (Phi) is 7.69. The van der Waals surface area contributed by atoms with Crippen LogP contribution in [-0.2, 0) is 4.74 Å². The zero-order valence-corrected chi connectivity index (χ0v) is 12.3. The Morgan fingerprint density at radius 3 is 2.70 bits per heavy atom. The molecular weight excluding hydrogens is 256 g/mol. The Labute approximate surface area is 120 Å². The van der Waals surface area contributed by atoms with Crippen LogP contribution in [0, 0.1) is 0 Å². The summed E-state index contributed by atoms with van der Waals surface area (Å²) in [6, 6.07) is 7.30. The van der Waals surface area contributed by atoms with Gasteiger partial charge in [-0.25, -0.2) is 0 Å². The molecular formula is C15H24N2O3. The molecule has 2 N–H and O–H groups in total. The van der Waals surface area contributed by atoms with Gasteiger partial charge in [0.1, 0.15) is 5.75 Å². The van der Waals surface area contributed by atoms with Crippen LogP contribution in [0.15, 0.2) is 24.3 Å². The van der Waals surface area contributed by atoms with Gasteiger partial charge < -0.3 is 20.1 Å². The molecule has 0 aliphatic rings. The molecule has 0 radical (unpaired) electrons. The molecule has 0 saturated heterocycles. The summed E-state index contributed by atoms with van der Waals surface area (Å²) >= 11 is 0. The first-order valence-corrected chi connectivity index (χ1v) is 6.94. The maximum Gasteiger partial charge on any atom is 0.257 e. The minimum Gasteiger partial charge on any atom is -0.493 e. The molecule has 0 aliphatic heterocycles. The molecule has 0 aliphatic carbocycles. The second kappa shape index (κ2) is 9.34. The van der Waals surface area contributed by atoms with Crippen LogP contribution in [0.1, 0.15) is 23.7 Å². The van der Waals surface area contributed by atoms with Crippen LogP contribution in [-0.4, -0.2) is 50.8 Å². The quantitative estimate of drug-likeness (QED) is 0.745. The lowest BCUT2D eigenvalue weighted by molar-refractivity contribution is 0.0690. The van der Waals surface area contributed by atoms with Crippen molar-refractivity contribution in [1.82, 2.24) is 4.90 Å². The lowest BCUT2D eigenvalue weighted by Gasteiger charge is -2.23. The lowest BCUT2D eigenvalue weighted by atomic mass is 10.1. The van der Waals surface area contributed by atoms with Crippen molar-refractivity contribution < 1.29 is 14.3 Å². The smallest absolute Gasteiger partial charge is 0.257 e. The van der Waals surface area contributed by atoms with Gasteiger partial charge in [0.15, 0.2) is 0 Å². The number of para-hydroxylation sites is 1. The Hall–Kier alpha value is -1.59. The molecule has 0 spiro atoms. The first-order valence-electron chi connectivity index (χ1n) is 6.94. The largest absolute Gasteiger partial charge is 0.493 e. The van der Waals surface area contributed by atoms with Crippen molar-refractivity contribution in [3.63, 3.8) is 0 Å². The summed E-state index contributed by atoms with van der Waals surface area (Å²) in [7, 11) is 1.62. The highest BCUT2D eigenvalue weighted by molar-refractivity contribution is 5.96. The third-order valence-corrected chi connectivity index (χ3v) is 2.90. The van der Waals surface area contributed by atoms with Gasteiger partial charge in [0, 0.05) is 20.2 Å². The lowest BCUT2D eigenvalue weighted by Crippen LogP contribution is -2.35. The molecule has 20 heavy (non-hydrogen) atoms. The Balaban J connectivity index is 2.86. The van der Waals surface area contributed by atoms with Gasteiger partial charge in [-0.1, -0.05) is 12.1 Å². The average molecular weight is 280 g/mol. The zero-order chi connectivity index (χ0) is 14.8. The Morgan fingerprint density at radius 2 is 2.05 bits per heavy atom. The van der Waals surface area contributed by atoms with Crippen LogP contribution in [0.25, 0.3) is 0 Å². The summed E-state index contributed by atoms with van der Waals surface area (Å²) in [4.78, 5) is 14.4. The van der Waals surface area contributed by atoms with Gasteiger partial charge in [-0.2, -0.15) is 0 Å². The second-order valence-electron chi connectivity index (χ2n) is 4.36. The van der Waals surface area contributed by atoms with E-state index in [1.807, 2.05) is 25.1 Å². The molecule has 1 aromatic rings. The number of benzene rings is 1. The number of nitrogens with two attached hydrogens (primary N) is 1. The molecule has 1 amide bonds. The summed E-state index contributed by atoms with van der Waals surface area (Å²) in [6.45, 7) is 4.68. The van der Waals surface area contributed by atoms with Gasteiger partial charge in [-0.3, -0.25) is 4.79 Å². The molecule has 0 unspecified atom stereocenters. The molecule has 112 valence electrons. The van der Waals surface area contributed by atoms with Crippen LogP contribution in [0.3, 0.4) is 0 Å². The highest BCUT2D eigenvalue weighted by atomic mass is 16.5. The highest BCUT2D eigenvalue weighted by Crippen LogP contribution is 2.20. The van der Waals surface area contributed by atoms with Crippen molar-refractivity contribution in [2.75, 3.05) is 40.0 Å². The number of hydrogen-bond donors (Lipinski definition) is 1. The first-order chi connectivity index (χ1) is 9.74. The first kappa shape index (κ1) is 16.5. The molecule has 0 heterocycles. The summed E-state index contributed by atoms with van der Waals surface area (Å²) in [6.07, 6.45) is 0.770. The van der Waals surface area contributed by atoms with Crippen LogP contribution in [0.5, 0.6) is 5.75 Å². The van der Waals surface area contributed by atoms with Crippen LogP contribution < -0.4 is 10.5 Å². The fourth-order valence-corrected chi connectivity index (χ4v) is 1.89. The molecule has 0 atom stereocenters. The van der Waals surface area contributed by atoms with E-state index in [0.29, 0.717) is 44.2 Å². The number of rotatable bonds is 9. The maximum atomic E-state index is 12.6. The maximum absolute atomic E-state index is 12.6. The third kappa shape index (κ3) is 4.83. The fourth-order valence-electron chi connectivity index (χ4n) is 1.89. The van der Waals surface area contributed by atoms with Crippen molar-refractivity contribution in [3.05, 3.63) is 29.8 Å². The molecule has 5 heteroatoms. The average Bonchev–Trinajstić information content (AvgIpc) is 2.48. The van der Waals surface area contributed by atoms with Gasteiger partial charge in [-0.15, -0.1) is 0 Å². The van der Waals surface area contributed by atoms with Crippen molar-refractivity contribution in [2.24, 2.45) is 5.73 Å². The zero-order valence-electron chi connectivity index (χ0n) is 12.3. The molecule has 0 fully saturated rings. The summed E-state index contributed by atoms with van der Waals surface area (Å²) in [5.74, 6) is 0.578.